The van der Waals surface area contributed by atoms with Crippen LogP contribution in [0.3, 0.4) is 0 Å². The smallest absolute Gasteiger partial charge is 0.152 e. The van der Waals surface area contributed by atoms with Crippen molar-refractivity contribution in [1.29, 1.82) is 0 Å². The SMILES string of the molecule is CN(CC(=O)C(C)(C)C)CC1CC2CCC1C2. The Morgan fingerprint density at radius 2 is 1.94 bits per heavy atom. The molecular formula is C15H27NO. The van der Waals surface area contributed by atoms with E-state index in [1.807, 2.05) is 20.8 Å². The van der Waals surface area contributed by atoms with Crippen LogP contribution in [0.15, 0.2) is 0 Å². The Balaban J connectivity index is 1.78. The van der Waals surface area contributed by atoms with Gasteiger partial charge in [-0.05, 0) is 44.1 Å². The third-order valence-corrected chi connectivity index (χ3v) is 4.68. The van der Waals surface area contributed by atoms with Crippen LogP contribution in [0, 0.1) is 23.2 Å². The van der Waals surface area contributed by atoms with Gasteiger partial charge in [0.05, 0.1) is 6.54 Å². The number of rotatable bonds is 4. The first-order valence-electron chi connectivity index (χ1n) is 7.08. The Morgan fingerprint density at radius 3 is 2.41 bits per heavy atom. The van der Waals surface area contributed by atoms with Crippen LogP contribution >= 0.6 is 0 Å². The highest BCUT2D eigenvalue weighted by molar-refractivity contribution is 5.85. The molecule has 2 bridgehead atoms. The molecule has 0 aromatic carbocycles. The molecule has 0 spiro atoms. The summed E-state index contributed by atoms with van der Waals surface area (Å²) in [5.74, 6) is 3.21. The molecule has 0 saturated heterocycles. The second kappa shape index (κ2) is 4.72. The maximum atomic E-state index is 12.0. The third-order valence-electron chi connectivity index (χ3n) is 4.68. The van der Waals surface area contributed by atoms with Crippen molar-refractivity contribution in [1.82, 2.24) is 4.90 Å². The normalized spacial score (nSPS) is 32.4. The lowest BCUT2D eigenvalue weighted by Crippen LogP contribution is -2.37. The zero-order valence-electron chi connectivity index (χ0n) is 11.8. The molecule has 17 heavy (non-hydrogen) atoms. The van der Waals surface area contributed by atoms with E-state index in [0.717, 1.165) is 24.3 Å². The van der Waals surface area contributed by atoms with Gasteiger partial charge in [-0.2, -0.15) is 0 Å². The van der Waals surface area contributed by atoms with Gasteiger partial charge in [-0.3, -0.25) is 9.69 Å². The molecule has 0 aromatic heterocycles. The summed E-state index contributed by atoms with van der Waals surface area (Å²) < 4.78 is 0. The largest absolute Gasteiger partial charge is 0.299 e. The van der Waals surface area contributed by atoms with Crippen LogP contribution in [-0.4, -0.2) is 30.8 Å². The summed E-state index contributed by atoms with van der Waals surface area (Å²) in [7, 11) is 2.11. The molecule has 0 heterocycles. The van der Waals surface area contributed by atoms with Gasteiger partial charge in [-0.25, -0.2) is 0 Å². The van der Waals surface area contributed by atoms with Crippen molar-refractivity contribution >= 4 is 5.78 Å². The lowest BCUT2D eigenvalue weighted by atomic mass is 9.87. The minimum Gasteiger partial charge on any atom is -0.299 e. The standard InChI is InChI=1S/C15H27NO/c1-15(2,3)14(17)10-16(4)9-13-8-11-5-6-12(13)7-11/h11-13H,5-10H2,1-4H3. The van der Waals surface area contributed by atoms with Gasteiger partial charge in [-0.1, -0.05) is 27.2 Å². The lowest BCUT2D eigenvalue weighted by molar-refractivity contribution is -0.127. The van der Waals surface area contributed by atoms with Gasteiger partial charge in [0.15, 0.2) is 5.78 Å². The molecule has 2 saturated carbocycles. The van der Waals surface area contributed by atoms with E-state index in [0.29, 0.717) is 12.3 Å². The highest BCUT2D eigenvalue weighted by Gasteiger charge is 2.39. The van der Waals surface area contributed by atoms with Gasteiger partial charge < -0.3 is 0 Å². The van der Waals surface area contributed by atoms with Gasteiger partial charge in [0, 0.05) is 12.0 Å². The number of likely N-dealkylation sites (N-methyl/N-ethyl adjacent to an activating group) is 1. The molecule has 2 heteroatoms. The fraction of sp³-hybridized carbons (Fsp3) is 0.933. The maximum Gasteiger partial charge on any atom is 0.152 e. The Hall–Kier alpha value is -0.370. The van der Waals surface area contributed by atoms with Crippen molar-refractivity contribution in [3.05, 3.63) is 0 Å². The van der Waals surface area contributed by atoms with E-state index in [1.165, 1.54) is 25.7 Å². The summed E-state index contributed by atoms with van der Waals surface area (Å²) >= 11 is 0. The van der Waals surface area contributed by atoms with Crippen molar-refractivity contribution < 1.29 is 4.79 Å². The van der Waals surface area contributed by atoms with Crippen LogP contribution in [0.4, 0.5) is 0 Å². The topological polar surface area (TPSA) is 20.3 Å². The number of Topliss-reactive ketones (excluding diaryl/α,β-unsaturated/α-hetero) is 1. The molecule has 3 atom stereocenters. The first-order chi connectivity index (χ1) is 7.86. The Bertz CT molecular complexity index is 292. The molecular weight excluding hydrogens is 210 g/mol. The van der Waals surface area contributed by atoms with Gasteiger partial charge in [0.1, 0.15) is 0 Å². The molecule has 2 aliphatic rings. The number of hydrogen-bond acceptors (Lipinski definition) is 2. The van der Waals surface area contributed by atoms with Crippen LogP contribution in [-0.2, 0) is 4.79 Å². The van der Waals surface area contributed by atoms with Crippen LogP contribution in [0.25, 0.3) is 0 Å². The predicted octanol–water partition coefficient (Wildman–Crippen LogP) is 2.97. The first-order valence-corrected chi connectivity index (χ1v) is 7.08. The molecule has 98 valence electrons. The molecule has 0 radical (unpaired) electrons. The van der Waals surface area contributed by atoms with Crippen LogP contribution in [0.1, 0.15) is 46.5 Å². The molecule has 0 amide bonds. The zero-order valence-corrected chi connectivity index (χ0v) is 11.8. The molecule has 0 N–H and O–H groups in total. The highest BCUT2D eigenvalue weighted by atomic mass is 16.1. The third kappa shape index (κ3) is 3.09. The van der Waals surface area contributed by atoms with E-state index < -0.39 is 0 Å². The number of carbonyl (C=O) groups is 1. The monoisotopic (exact) mass is 237 g/mol. The van der Waals surface area contributed by atoms with E-state index in [2.05, 4.69) is 11.9 Å². The van der Waals surface area contributed by atoms with Crippen molar-refractivity contribution in [2.75, 3.05) is 20.1 Å². The lowest BCUT2D eigenvalue weighted by Gasteiger charge is -2.28. The van der Waals surface area contributed by atoms with Crippen molar-refractivity contribution in [3.63, 3.8) is 0 Å². The Morgan fingerprint density at radius 1 is 1.24 bits per heavy atom. The summed E-state index contributed by atoms with van der Waals surface area (Å²) in [6, 6.07) is 0. The number of nitrogens with zero attached hydrogens (tertiary/aromatic N) is 1. The molecule has 2 fully saturated rings. The van der Waals surface area contributed by atoms with Gasteiger partial charge in [0.25, 0.3) is 0 Å². The Kier molecular flexibility index (Phi) is 3.63. The van der Waals surface area contributed by atoms with Gasteiger partial charge in [-0.15, -0.1) is 0 Å². The quantitative estimate of drug-likeness (QED) is 0.749. The summed E-state index contributed by atoms with van der Waals surface area (Å²) in [4.78, 5) is 14.2. The van der Waals surface area contributed by atoms with Crippen molar-refractivity contribution in [2.45, 2.75) is 46.5 Å². The number of carbonyl (C=O) groups excluding carboxylic acids is 1. The van der Waals surface area contributed by atoms with Crippen LogP contribution in [0.2, 0.25) is 0 Å². The summed E-state index contributed by atoms with van der Waals surface area (Å²) in [6.45, 7) is 7.79. The minimum absolute atomic E-state index is 0.192. The average molecular weight is 237 g/mol. The fourth-order valence-electron chi connectivity index (χ4n) is 3.55. The van der Waals surface area contributed by atoms with E-state index >= 15 is 0 Å². The van der Waals surface area contributed by atoms with Gasteiger partial charge >= 0.3 is 0 Å². The molecule has 0 aliphatic heterocycles. The molecule has 0 aromatic rings. The van der Waals surface area contributed by atoms with Crippen LogP contribution in [0.5, 0.6) is 0 Å². The zero-order chi connectivity index (χ0) is 12.6. The second-order valence-corrected chi connectivity index (χ2v) is 7.30. The average Bonchev–Trinajstić information content (AvgIpc) is 2.77. The molecule has 2 rings (SSSR count). The molecule has 2 aliphatic carbocycles. The van der Waals surface area contributed by atoms with E-state index in [4.69, 9.17) is 0 Å². The van der Waals surface area contributed by atoms with E-state index in [-0.39, 0.29) is 5.41 Å². The summed E-state index contributed by atoms with van der Waals surface area (Å²) in [5, 5.41) is 0. The minimum atomic E-state index is -0.192. The van der Waals surface area contributed by atoms with Crippen molar-refractivity contribution in [3.8, 4) is 0 Å². The van der Waals surface area contributed by atoms with Crippen molar-refractivity contribution in [2.24, 2.45) is 23.2 Å². The maximum absolute atomic E-state index is 12.0. The second-order valence-electron chi connectivity index (χ2n) is 7.30. The van der Waals surface area contributed by atoms with Crippen LogP contribution < -0.4 is 0 Å². The Labute approximate surface area is 106 Å². The fourth-order valence-corrected chi connectivity index (χ4v) is 3.55. The predicted molar refractivity (Wildman–Crippen MR) is 70.9 cm³/mol. The first kappa shape index (κ1) is 13.1. The summed E-state index contributed by atoms with van der Waals surface area (Å²) in [6.07, 6.45) is 5.78. The van der Waals surface area contributed by atoms with E-state index in [1.54, 1.807) is 0 Å². The molecule has 2 nitrogen and oxygen atoms in total. The highest BCUT2D eigenvalue weighted by Crippen LogP contribution is 2.48. The van der Waals surface area contributed by atoms with Gasteiger partial charge in [0.2, 0.25) is 0 Å². The number of ketones is 1. The number of hydrogen-bond donors (Lipinski definition) is 0. The van der Waals surface area contributed by atoms with E-state index in [9.17, 15) is 4.79 Å². The molecule has 3 unspecified atom stereocenters. The number of fused-ring (bicyclic) bond motifs is 2. The summed E-state index contributed by atoms with van der Waals surface area (Å²) in [5.41, 5.74) is -0.192.